The van der Waals surface area contributed by atoms with Gasteiger partial charge in [0, 0.05) is 13.2 Å². The highest BCUT2D eigenvalue weighted by molar-refractivity contribution is 5.82. The molecule has 0 amide bonds. The molecule has 0 aliphatic carbocycles. The zero-order chi connectivity index (χ0) is 15.6. The summed E-state index contributed by atoms with van der Waals surface area (Å²) in [6.45, 7) is 3.10. The number of rotatable bonds is 3. The van der Waals surface area contributed by atoms with Gasteiger partial charge < -0.3 is 9.84 Å². The van der Waals surface area contributed by atoms with Crippen LogP contribution in [0.2, 0.25) is 0 Å². The predicted molar refractivity (Wildman–Crippen MR) is 86.0 cm³/mol. The van der Waals surface area contributed by atoms with Crippen LogP contribution >= 0.6 is 0 Å². The number of hydrogen-bond acceptors (Lipinski definition) is 2. The number of carboxylic acids is 1. The normalized spacial score (nSPS) is 17.1. The number of ether oxygens (including phenoxy) is 1. The highest BCUT2D eigenvalue weighted by Gasteiger charge is 2.41. The fraction of sp³-hybridized carbons (Fsp3) is 0.316. The maximum atomic E-state index is 11.8. The van der Waals surface area contributed by atoms with Crippen molar-refractivity contribution >= 4 is 5.97 Å². The minimum atomic E-state index is -0.803. The fourth-order valence-electron chi connectivity index (χ4n) is 3.21. The van der Waals surface area contributed by atoms with Gasteiger partial charge in [-0.15, -0.1) is 0 Å². The van der Waals surface area contributed by atoms with Crippen molar-refractivity contribution in [3.63, 3.8) is 0 Å². The van der Waals surface area contributed by atoms with Gasteiger partial charge in [0.2, 0.25) is 0 Å². The van der Waals surface area contributed by atoms with E-state index >= 15 is 0 Å². The number of hydrogen-bond donors (Lipinski definition) is 1. The van der Waals surface area contributed by atoms with E-state index in [0.29, 0.717) is 26.1 Å². The molecule has 0 atom stereocenters. The number of aryl methyl sites for hydroxylation is 1. The highest BCUT2D eigenvalue weighted by Crippen LogP contribution is 2.36. The molecular formula is C19H20O3. The van der Waals surface area contributed by atoms with Crippen molar-refractivity contribution in [1.82, 2.24) is 0 Å². The summed E-state index contributed by atoms with van der Waals surface area (Å²) < 4.78 is 5.34. The van der Waals surface area contributed by atoms with Crippen molar-refractivity contribution < 1.29 is 14.6 Å². The van der Waals surface area contributed by atoms with E-state index < -0.39 is 11.4 Å². The summed E-state index contributed by atoms with van der Waals surface area (Å²) in [4.78, 5) is 11.8. The summed E-state index contributed by atoms with van der Waals surface area (Å²) in [5, 5.41) is 9.72. The first-order chi connectivity index (χ1) is 10.6. The number of carboxylic acid groups (broad SMARTS) is 1. The highest BCUT2D eigenvalue weighted by atomic mass is 16.5. The van der Waals surface area contributed by atoms with Crippen LogP contribution in [0.25, 0.3) is 11.1 Å². The van der Waals surface area contributed by atoms with Gasteiger partial charge >= 0.3 is 5.97 Å². The monoisotopic (exact) mass is 296 g/mol. The standard InChI is InChI=1S/C19H20O3/c1-14-4-2-3-5-17(14)15-6-8-16(9-7-15)19(18(20)21)10-12-22-13-11-19/h2-9H,10-13H2,1H3,(H,20,21). The van der Waals surface area contributed by atoms with E-state index in [0.717, 1.165) is 11.1 Å². The van der Waals surface area contributed by atoms with Gasteiger partial charge in [-0.25, -0.2) is 0 Å². The molecule has 3 nitrogen and oxygen atoms in total. The number of benzene rings is 2. The van der Waals surface area contributed by atoms with Crippen molar-refractivity contribution in [3.8, 4) is 11.1 Å². The summed E-state index contributed by atoms with van der Waals surface area (Å²) in [6.07, 6.45) is 1.07. The molecular weight excluding hydrogens is 276 g/mol. The molecule has 1 aliphatic heterocycles. The molecule has 0 radical (unpaired) electrons. The van der Waals surface area contributed by atoms with Gasteiger partial charge in [0.1, 0.15) is 0 Å². The molecule has 114 valence electrons. The maximum absolute atomic E-state index is 11.8. The third-order valence-electron chi connectivity index (χ3n) is 4.65. The first kappa shape index (κ1) is 14.8. The third-order valence-corrected chi connectivity index (χ3v) is 4.65. The molecule has 1 fully saturated rings. The molecule has 2 aromatic rings. The van der Waals surface area contributed by atoms with Gasteiger partial charge in [0.15, 0.2) is 0 Å². The Morgan fingerprint density at radius 3 is 2.27 bits per heavy atom. The maximum Gasteiger partial charge on any atom is 0.314 e. The Labute approximate surface area is 130 Å². The second kappa shape index (κ2) is 5.93. The lowest BCUT2D eigenvalue weighted by atomic mass is 9.74. The molecule has 0 aromatic heterocycles. The molecule has 0 saturated carbocycles. The van der Waals surface area contributed by atoms with Crippen molar-refractivity contribution in [2.24, 2.45) is 0 Å². The molecule has 1 saturated heterocycles. The molecule has 1 N–H and O–H groups in total. The average Bonchev–Trinajstić information content (AvgIpc) is 2.56. The smallest absolute Gasteiger partial charge is 0.314 e. The summed E-state index contributed by atoms with van der Waals surface area (Å²) >= 11 is 0. The number of aliphatic carboxylic acids is 1. The molecule has 0 unspecified atom stereocenters. The zero-order valence-electron chi connectivity index (χ0n) is 12.7. The topological polar surface area (TPSA) is 46.5 Å². The quantitative estimate of drug-likeness (QED) is 0.937. The van der Waals surface area contributed by atoms with Gasteiger partial charge in [-0.3, -0.25) is 4.79 Å². The average molecular weight is 296 g/mol. The van der Waals surface area contributed by atoms with Crippen molar-refractivity contribution in [2.75, 3.05) is 13.2 Å². The molecule has 2 aromatic carbocycles. The second-order valence-electron chi connectivity index (χ2n) is 5.89. The zero-order valence-corrected chi connectivity index (χ0v) is 12.7. The van der Waals surface area contributed by atoms with Crippen LogP contribution in [0.4, 0.5) is 0 Å². The van der Waals surface area contributed by atoms with Crippen LogP contribution in [0.3, 0.4) is 0 Å². The lowest BCUT2D eigenvalue weighted by molar-refractivity contribution is -0.147. The Morgan fingerprint density at radius 1 is 1.05 bits per heavy atom. The largest absolute Gasteiger partial charge is 0.481 e. The lowest BCUT2D eigenvalue weighted by Crippen LogP contribution is -2.41. The Bertz CT molecular complexity index is 667. The van der Waals surface area contributed by atoms with Crippen LogP contribution in [0, 0.1) is 6.92 Å². The van der Waals surface area contributed by atoms with Crippen molar-refractivity contribution in [1.29, 1.82) is 0 Å². The van der Waals surface area contributed by atoms with E-state index in [1.807, 2.05) is 36.4 Å². The van der Waals surface area contributed by atoms with E-state index in [4.69, 9.17) is 4.74 Å². The Morgan fingerprint density at radius 2 is 1.68 bits per heavy atom. The molecule has 22 heavy (non-hydrogen) atoms. The van der Waals surface area contributed by atoms with Crippen LogP contribution < -0.4 is 0 Å². The van der Waals surface area contributed by atoms with Gasteiger partial charge in [-0.2, -0.15) is 0 Å². The SMILES string of the molecule is Cc1ccccc1-c1ccc(C2(C(=O)O)CCOCC2)cc1. The molecule has 0 spiro atoms. The Balaban J connectivity index is 1.97. The molecule has 0 bridgehead atoms. The van der Waals surface area contributed by atoms with Crippen LogP contribution in [-0.4, -0.2) is 24.3 Å². The predicted octanol–water partition coefficient (Wildman–Crippen LogP) is 3.79. The van der Waals surface area contributed by atoms with E-state index in [1.165, 1.54) is 11.1 Å². The molecule has 1 heterocycles. The lowest BCUT2D eigenvalue weighted by Gasteiger charge is -2.33. The Hall–Kier alpha value is -2.13. The molecule has 1 aliphatic rings. The van der Waals surface area contributed by atoms with Crippen LogP contribution in [-0.2, 0) is 14.9 Å². The van der Waals surface area contributed by atoms with Crippen LogP contribution in [0.15, 0.2) is 48.5 Å². The van der Waals surface area contributed by atoms with Crippen LogP contribution in [0.5, 0.6) is 0 Å². The third kappa shape index (κ3) is 2.53. The second-order valence-corrected chi connectivity index (χ2v) is 5.89. The summed E-state index contributed by atoms with van der Waals surface area (Å²) in [5.74, 6) is -0.751. The van der Waals surface area contributed by atoms with Crippen LogP contribution in [0.1, 0.15) is 24.0 Å². The van der Waals surface area contributed by atoms with Gasteiger partial charge in [-0.05, 0) is 42.0 Å². The molecule has 3 heteroatoms. The first-order valence-corrected chi connectivity index (χ1v) is 7.61. The van der Waals surface area contributed by atoms with E-state index in [1.54, 1.807) is 0 Å². The first-order valence-electron chi connectivity index (χ1n) is 7.61. The van der Waals surface area contributed by atoms with Gasteiger partial charge in [0.05, 0.1) is 5.41 Å². The van der Waals surface area contributed by atoms with E-state index in [2.05, 4.69) is 19.1 Å². The summed E-state index contributed by atoms with van der Waals surface area (Å²) in [5.41, 5.74) is 3.59. The van der Waals surface area contributed by atoms with E-state index in [9.17, 15) is 9.90 Å². The van der Waals surface area contributed by atoms with E-state index in [-0.39, 0.29) is 0 Å². The minimum absolute atomic E-state index is 0.506. The van der Waals surface area contributed by atoms with Crippen molar-refractivity contribution in [2.45, 2.75) is 25.2 Å². The molecule has 3 rings (SSSR count). The minimum Gasteiger partial charge on any atom is -0.481 e. The van der Waals surface area contributed by atoms with Gasteiger partial charge in [-0.1, -0.05) is 48.5 Å². The summed E-state index contributed by atoms with van der Waals surface area (Å²) in [6, 6.07) is 16.2. The summed E-state index contributed by atoms with van der Waals surface area (Å²) in [7, 11) is 0. The Kier molecular flexibility index (Phi) is 3.99. The fourth-order valence-corrected chi connectivity index (χ4v) is 3.21. The van der Waals surface area contributed by atoms with Gasteiger partial charge in [0.25, 0.3) is 0 Å². The van der Waals surface area contributed by atoms with Crippen molar-refractivity contribution in [3.05, 3.63) is 59.7 Å². The number of carbonyl (C=O) groups is 1.